The standard InChI is InChI=1S/C21H24N4O3/c1-21(2)16-8-5-6-9-17(16)25(4)18(21)12-15(26)14-28-19(27)13-24(3)20-22-10-7-11-23-20/h5-12H,13-14H2,1-4H3/b18-12+. The van der Waals surface area contributed by atoms with Crippen LogP contribution in [0.25, 0.3) is 0 Å². The zero-order valence-corrected chi connectivity index (χ0v) is 16.5. The summed E-state index contributed by atoms with van der Waals surface area (Å²) in [6.45, 7) is 3.82. The van der Waals surface area contributed by atoms with E-state index in [2.05, 4.69) is 29.9 Å². The molecule has 1 aromatic heterocycles. The lowest BCUT2D eigenvalue weighted by Gasteiger charge is -2.24. The van der Waals surface area contributed by atoms with Gasteiger partial charge in [0.05, 0.1) is 0 Å². The number of allylic oxidation sites excluding steroid dienone is 1. The van der Waals surface area contributed by atoms with Crippen LogP contribution in [0.15, 0.2) is 54.5 Å². The van der Waals surface area contributed by atoms with Crippen molar-refractivity contribution in [2.24, 2.45) is 0 Å². The lowest BCUT2D eigenvalue weighted by molar-refractivity contribution is -0.145. The molecule has 0 amide bonds. The molecule has 2 heterocycles. The Morgan fingerprint density at radius 1 is 1.18 bits per heavy atom. The van der Waals surface area contributed by atoms with Crippen molar-refractivity contribution in [2.75, 3.05) is 37.0 Å². The number of carbonyl (C=O) groups excluding carboxylic acids is 2. The van der Waals surface area contributed by atoms with E-state index in [1.165, 1.54) is 0 Å². The summed E-state index contributed by atoms with van der Waals surface area (Å²) in [6, 6.07) is 9.77. The van der Waals surface area contributed by atoms with Crippen molar-refractivity contribution in [2.45, 2.75) is 19.3 Å². The third kappa shape index (κ3) is 3.88. The Hall–Kier alpha value is -3.22. The maximum atomic E-state index is 12.4. The highest BCUT2D eigenvalue weighted by Gasteiger charge is 2.38. The predicted molar refractivity (Wildman–Crippen MR) is 107 cm³/mol. The van der Waals surface area contributed by atoms with Crippen LogP contribution in [0.5, 0.6) is 0 Å². The van der Waals surface area contributed by atoms with Crippen molar-refractivity contribution in [1.29, 1.82) is 0 Å². The minimum Gasteiger partial charge on any atom is -0.456 e. The average Bonchev–Trinajstić information content (AvgIpc) is 2.88. The molecule has 0 saturated carbocycles. The van der Waals surface area contributed by atoms with E-state index in [9.17, 15) is 9.59 Å². The fourth-order valence-corrected chi connectivity index (χ4v) is 3.40. The molecule has 0 radical (unpaired) electrons. The second-order valence-corrected chi connectivity index (χ2v) is 7.26. The minimum atomic E-state index is -0.510. The molecule has 0 unspecified atom stereocenters. The third-order valence-electron chi connectivity index (χ3n) is 4.87. The molecule has 0 N–H and O–H groups in total. The number of rotatable bonds is 6. The summed E-state index contributed by atoms with van der Waals surface area (Å²) in [5.74, 6) is -0.348. The zero-order chi connectivity index (χ0) is 20.3. The van der Waals surface area contributed by atoms with Crippen LogP contribution in [0.2, 0.25) is 0 Å². The van der Waals surface area contributed by atoms with Crippen molar-refractivity contribution in [1.82, 2.24) is 9.97 Å². The zero-order valence-electron chi connectivity index (χ0n) is 16.5. The van der Waals surface area contributed by atoms with Crippen molar-refractivity contribution in [3.8, 4) is 0 Å². The van der Waals surface area contributed by atoms with E-state index in [0.29, 0.717) is 5.95 Å². The Labute approximate surface area is 164 Å². The molecule has 1 aliphatic heterocycles. The van der Waals surface area contributed by atoms with Gasteiger partial charge in [-0.2, -0.15) is 0 Å². The number of para-hydroxylation sites is 1. The van der Waals surface area contributed by atoms with E-state index in [0.717, 1.165) is 16.9 Å². The van der Waals surface area contributed by atoms with E-state index in [1.54, 1.807) is 36.5 Å². The molecule has 0 atom stereocenters. The second kappa shape index (κ2) is 7.80. The van der Waals surface area contributed by atoms with Gasteiger partial charge in [0.1, 0.15) is 6.54 Å². The van der Waals surface area contributed by atoms with Gasteiger partial charge in [0.2, 0.25) is 5.95 Å². The van der Waals surface area contributed by atoms with Gasteiger partial charge >= 0.3 is 5.97 Å². The van der Waals surface area contributed by atoms with Gasteiger partial charge in [0.25, 0.3) is 0 Å². The molecule has 0 saturated heterocycles. The predicted octanol–water partition coefficient (Wildman–Crippen LogP) is 2.34. The number of hydrogen-bond donors (Lipinski definition) is 0. The molecule has 146 valence electrons. The largest absolute Gasteiger partial charge is 0.456 e. The molecule has 1 aliphatic rings. The van der Waals surface area contributed by atoms with Crippen LogP contribution in [-0.2, 0) is 19.7 Å². The highest BCUT2D eigenvalue weighted by Crippen LogP contribution is 2.46. The van der Waals surface area contributed by atoms with Gasteiger partial charge in [0, 0.05) is 49.4 Å². The van der Waals surface area contributed by atoms with E-state index < -0.39 is 5.97 Å². The van der Waals surface area contributed by atoms with Crippen molar-refractivity contribution in [3.05, 3.63) is 60.1 Å². The van der Waals surface area contributed by atoms with Crippen LogP contribution in [-0.4, -0.2) is 49.0 Å². The van der Waals surface area contributed by atoms with Crippen molar-refractivity contribution < 1.29 is 14.3 Å². The number of esters is 1. The Bertz CT molecular complexity index is 909. The molecule has 1 aromatic carbocycles. The quantitative estimate of drug-likeness (QED) is 0.562. The van der Waals surface area contributed by atoms with E-state index in [1.807, 2.05) is 30.1 Å². The SMILES string of the molecule is CN(CC(=O)OCC(=O)/C=C1/N(C)c2ccccc2C1(C)C)c1ncccn1. The summed E-state index contributed by atoms with van der Waals surface area (Å²) in [5, 5.41) is 0. The summed E-state index contributed by atoms with van der Waals surface area (Å²) in [6.07, 6.45) is 4.76. The first-order chi connectivity index (χ1) is 13.3. The van der Waals surface area contributed by atoms with Crippen LogP contribution in [0, 0.1) is 0 Å². The number of carbonyl (C=O) groups is 2. The number of ether oxygens (including phenoxy) is 1. The molecule has 0 bridgehead atoms. The molecule has 3 rings (SSSR count). The van der Waals surface area contributed by atoms with E-state index in [4.69, 9.17) is 4.74 Å². The van der Waals surface area contributed by atoms with Crippen LogP contribution < -0.4 is 9.80 Å². The maximum absolute atomic E-state index is 12.4. The fraction of sp³-hybridized carbons (Fsp3) is 0.333. The molecule has 0 spiro atoms. The number of ketones is 1. The first-order valence-corrected chi connectivity index (χ1v) is 9.02. The van der Waals surface area contributed by atoms with Crippen LogP contribution in [0.1, 0.15) is 19.4 Å². The number of anilines is 2. The Morgan fingerprint density at radius 3 is 2.54 bits per heavy atom. The van der Waals surface area contributed by atoms with Gasteiger partial charge < -0.3 is 14.5 Å². The van der Waals surface area contributed by atoms with Crippen molar-refractivity contribution in [3.63, 3.8) is 0 Å². The molecule has 7 heteroatoms. The Morgan fingerprint density at radius 2 is 1.86 bits per heavy atom. The molecule has 28 heavy (non-hydrogen) atoms. The van der Waals surface area contributed by atoms with Gasteiger partial charge in [-0.25, -0.2) is 9.97 Å². The summed E-state index contributed by atoms with van der Waals surface area (Å²) in [4.78, 5) is 36.2. The van der Waals surface area contributed by atoms with Gasteiger partial charge in [0.15, 0.2) is 12.4 Å². The third-order valence-corrected chi connectivity index (χ3v) is 4.87. The number of nitrogens with zero attached hydrogens (tertiary/aromatic N) is 4. The number of aromatic nitrogens is 2. The van der Waals surface area contributed by atoms with Crippen molar-refractivity contribution >= 4 is 23.4 Å². The summed E-state index contributed by atoms with van der Waals surface area (Å²) >= 11 is 0. The van der Waals surface area contributed by atoms with Gasteiger partial charge in [-0.05, 0) is 17.7 Å². The number of fused-ring (bicyclic) bond motifs is 1. The first kappa shape index (κ1) is 19.5. The van der Waals surface area contributed by atoms with Crippen LogP contribution in [0.3, 0.4) is 0 Å². The Balaban J connectivity index is 1.60. The smallest absolute Gasteiger partial charge is 0.326 e. The monoisotopic (exact) mass is 380 g/mol. The van der Waals surface area contributed by atoms with Gasteiger partial charge in [-0.3, -0.25) is 9.59 Å². The topological polar surface area (TPSA) is 75.6 Å². The van der Waals surface area contributed by atoms with Gasteiger partial charge in [-0.15, -0.1) is 0 Å². The summed E-state index contributed by atoms with van der Waals surface area (Å²) < 4.78 is 5.14. The molecule has 2 aromatic rings. The molecule has 7 nitrogen and oxygen atoms in total. The second-order valence-electron chi connectivity index (χ2n) is 7.26. The Kier molecular flexibility index (Phi) is 5.44. The number of benzene rings is 1. The van der Waals surface area contributed by atoms with E-state index in [-0.39, 0.29) is 24.3 Å². The molecule has 0 fully saturated rings. The number of hydrogen-bond acceptors (Lipinski definition) is 7. The number of likely N-dealkylation sites (N-methyl/N-ethyl adjacent to an activating group) is 2. The normalized spacial score (nSPS) is 16.0. The lowest BCUT2D eigenvalue weighted by atomic mass is 9.83. The summed E-state index contributed by atoms with van der Waals surface area (Å²) in [5.41, 5.74) is 2.83. The molecule has 0 aliphatic carbocycles. The minimum absolute atomic E-state index is 0.0370. The first-order valence-electron chi connectivity index (χ1n) is 9.02. The average molecular weight is 380 g/mol. The molecular weight excluding hydrogens is 356 g/mol. The molecular formula is C21H24N4O3. The fourth-order valence-electron chi connectivity index (χ4n) is 3.40. The maximum Gasteiger partial charge on any atom is 0.326 e. The highest BCUT2D eigenvalue weighted by atomic mass is 16.5. The highest BCUT2D eigenvalue weighted by molar-refractivity contribution is 5.94. The summed E-state index contributed by atoms with van der Waals surface area (Å²) in [7, 11) is 3.63. The van der Waals surface area contributed by atoms with E-state index >= 15 is 0 Å². The van der Waals surface area contributed by atoms with Crippen LogP contribution in [0.4, 0.5) is 11.6 Å². The van der Waals surface area contributed by atoms with Crippen LogP contribution >= 0.6 is 0 Å². The van der Waals surface area contributed by atoms with Gasteiger partial charge in [-0.1, -0.05) is 32.0 Å². The lowest BCUT2D eigenvalue weighted by Crippen LogP contribution is -2.30.